The van der Waals surface area contributed by atoms with Gasteiger partial charge in [-0.05, 0) is 31.9 Å². The summed E-state index contributed by atoms with van der Waals surface area (Å²) >= 11 is 0. The van der Waals surface area contributed by atoms with Crippen LogP contribution in [0.4, 0.5) is 10.1 Å². The molecule has 0 bridgehead atoms. The molecule has 0 saturated heterocycles. The van der Waals surface area contributed by atoms with Crippen LogP contribution in [0.25, 0.3) is 0 Å². The van der Waals surface area contributed by atoms with Crippen molar-refractivity contribution in [2.45, 2.75) is 24.7 Å². The van der Waals surface area contributed by atoms with Gasteiger partial charge in [0.15, 0.2) is 0 Å². The van der Waals surface area contributed by atoms with Crippen molar-refractivity contribution in [3.63, 3.8) is 0 Å². The van der Waals surface area contributed by atoms with Crippen LogP contribution in [0.15, 0.2) is 17.0 Å². The number of ether oxygens (including phenoxy) is 1. The van der Waals surface area contributed by atoms with Gasteiger partial charge in [-0.1, -0.05) is 0 Å². The number of unbranched alkanes of at least 4 members (excludes halogenated alkanes) is 1. The number of nitrogen functional groups attached to an aromatic ring is 1. The molecule has 0 radical (unpaired) electrons. The molecule has 0 aliphatic carbocycles. The molecule has 3 N–H and O–H groups in total. The number of rotatable bonds is 7. The summed E-state index contributed by atoms with van der Waals surface area (Å²) in [6.07, 6.45) is 1.40. The van der Waals surface area contributed by atoms with E-state index in [0.717, 1.165) is 12.5 Å². The minimum atomic E-state index is -3.72. The fraction of sp³-hybridized carbons (Fsp3) is 0.500. The first-order valence-corrected chi connectivity index (χ1v) is 7.41. The van der Waals surface area contributed by atoms with Crippen LogP contribution in [0.2, 0.25) is 0 Å². The normalized spacial score (nSPS) is 11.7. The van der Waals surface area contributed by atoms with Crippen LogP contribution in [0.3, 0.4) is 0 Å². The fourth-order valence-corrected chi connectivity index (χ4v) is 2.61. The van der Waals surface area contributed by atoms with Gasteiger partial charge in [-0.2, -0.15) is 0 Å². The summed E-state index contributed by atoms with van der Waals surface area (Å²) < 4.78 is 44.6. The van der Waals surface area contributed by atoms with Crippen LogP contribution >= 0.6 is 0 Å². The quantitative estimate of drug-likeness (QED) is 0.588. The van der Waals surface area contributed by atoms with E-state index >= 15 is 0 Å². The number of nitrogens with one attached hydrogen (secondary N) is 1. The van der Waals surface area contributed by atoms with Crippen molar-refractivity contribution in [3.8, 4) is 0 Å². The molecule has 0 atom stereocenters. The number of benzene rings is 1. The van der Waals surface area contributed by atoms with E-state index in [9.17, 15) is 12.8 Å². The highest BCUT2D eigenvalue weighted by Crippen LogP contribution is 2.20. The van der Waals surface area contributed by atoms with Crippen LogP contribution in [0, 0.1) is 12.7 Å². The Labute approximate surface area is 113 Å². The first-order chi connectivity index (χ1) is 8.88. The Balaban J connectivity index is 2.72. The molecule has 1 rings (SSSR count). The summed E-state index contributed by atoms with van der Waals surface area (Å²) in [5, 5.41) is 0. The van der Waals surface area contributed by atoms with Gasteiger partial charge >= 0.3 is 0 Å². The van der Waals surface area contributed by atoms with Crippen LogP contribution < -0.4 is 10.5 Å². The van der Waals surface area contributed by atoms with Crippen molar-refractivity contribution in [2.75, 3.05) is 26.0 Å². The Morgan fingerprint density at radius 3 is 2.63 bits per heavy atom. The first-order valence-electron chi connectivity index (χ1n) is 5.92. The molecule has 1 aromatic rings. The molecule has 0 amide bonds. The van der Waals surface area contributed by atoms with Gasteiger partial charge in [0, 0.05) is 31.5 Å². The highest BCUT2D eigenvalue weighted by molar-refractivity contribution is 7.89. The predicted octanol–water partition coefficient (Wildman–Crippen LogP) is 1.42. The van der Waals surface area contributed by atoms with E-state index in [1.807, 2.05) is 0 Å². The average Bonchev–Trinajstić information content (AvgIpc) is 2.35. The molecule has 108 valence electrons. The van der Waals surface area contributed by atoms with Crippen LogP contribution in [0.5, 0.6) is 0 Å². The highest BCUT2D eigenvalue weighted by atomic mass is 32.2. The molecule has 0 aromatic heterocycles. The van der Waals surface area contributed by atoms with Crippen LogP contribution in [0.1, 0.15) is 18.4 Å². The second-order valence-corrected chi connectivity index (χ2v) is 5.98. The Hall–Kier alpha value is -1.18. The van der Waals surface area contributed by atoms with E-state index in [1.165, 1.54) is 13.0 Å². The lowest BCUT2D eigenvalue weighted by Crippen LogP contribution is -2.25. The minimum absolute atomic E-state index is 0.125. The number of hydrogen-bond acceptors (Lipinski definition) is 4. The van der Waals surface area contributed by atoms with Gasteiger partial charge in [-0.25, -0.2) is 17.5 Å². The van der Waals surface area contributed by atoms with Crippen molar-refractivity contribution in [1.29, 1.82) is 0 Å². The third-order valence-electron chi connectivity index (χ3n) is 2.74. The molecule has 19 heavy (non-hydrogen) atoms. The third-order valence-corrected chi connectivity index (χ3v) is 4.18. The van der Waals surface area contributed by atoms with Crippen LogP contribution in [-0.2, 0) is 14.8 Å². The van der Waals surface area contributed by atoms with Gasteiger partial charge in [-0.3, -0.25) is 0 Å². The van der Waals surface area contributed by atoms with Crippen LogP contribution in [-0.4, -0.2) is 28.7 Å². The van der Waals surface area contributed by atoms with E-state index in [1.54, 1.807) is 7.11 Å². The lowest BCUT2D eigenvalue weighted by molar-refractivity contribution is 0.193. The molecule has 5 nitrogen and oxygen atoms in total. The molecule has 0 unspecified atom stereocenters. The Bertz CT molecular complexity index is 509. The van der Waals surface area contributed by atoms with E-state index in [-0.39, 0.29) is 22.7 Å². The smallest absolute Gasteiger partial charge is 0.240 e. The van der Waals surface area contributed by atoms with Gasteiger partial charge in [0.25, 0.3) is 0 Å². The van der Waals surface area contributed by atoms with Crippen molar-refractivity contribution in [3.05, 3.63) is 23.5 Å². The van der Waals surface area contributed by atoms with E-state index in [0.29, 0.717) is 13.0 Å². The van der Waals surface area contributed by atoms with E-state index in [4.69, 9.17) is 10.5 Å². The highest BCUT2D eigenvalue weighted by Gasteiger charge is 2.16. The maximum absolute atomic E-state index is 13.5. The van der Waals surface area contributed by atoms with Gasteiger partial charge in [0.1, 0.15) is 5.82 Å². The lowest BCUT2D eigenvalue weighted by Gasteiger charge is -2.09. The molecule has 0 aliphatic rings. The van der Waals surface area contributed by atoms with Gasteiger partial charge < -0.3 is 10.5 Å². The maximum Gasteiger partial charge on any atom is 0.240 e. The minimum Gasteiger partial charge on any atom is -0.398 e. The molecule has 0 spiro atoms. The number of anilines is 1. The molecule has 1 aromatic carbocycles. The van der Waals surface area contributed by atoms with Gasteiger partial charge in [-0.15, -0.1) is 0 Å². The average molecular weight is 290 g/mol. The summed E-state index contributed by atoms with van der Waals surface area (Å²) in [5.74, 6) is -0.625. The third kappa shape index (κ3) is 4.45. The largest absolute Gasteiger partial charge is 0.398 e. The standard InChI is InChI=1S/C12H19FN2O3S/c1-9-11(13)7-10(8-12(9)14)19(16,17)15-5-3-4-6-18-2/h7-8,15H,3-6,14H2,1-2H3. The van der Waals surface area contributed by atoms with Gasteiger partial charge in [0.2, 0.25) is 10.0 Å². The van der Waals surface area contributed by atoms with Crippen molar-refractivity contribution < 1.29 is 17.5 Å². The summed E-state index contributed by atoms with van der Waals surface area (Å²) in [5.41, 5.74) is 5.94. The monoisotopic (exact) mass is 290 g/mol. The number of halogens is 1. The Morgan fingerprint density at radius 1 is 1.37 bits per heavy atom. The zero-order valence-corrected chi connectivity index (χ0v) is 11.9. The van der Waals surface area contributed by atoms with Crippen molar-refractivity contribution in [1.82, 2.24) is 4.72 Å². The molecule has 0 fully saturated rings. The second kappa shape index (κ2) is 6.83. The van der Waals surface area contributed by atoms with Crippen molar-refractivity contribution in [2.24, 2.45) is 0 Å². The number of methoxy groups -OCH3 is 1. The fourth-order valence-electron chi connectivity index (χ4n) is 1.49. The first kappa shape index (κ1) is 15.9. The molecular weight excluding hydrogens is 271 g/mol. The maximum atomic E-state index is 13.5. The summed E-state index contributed by atoms with van der Waals surface area (Å²) in [7, 11) is -2.13. The molecule has 0 heterocycles. The van der Waals surface area contributed by atoms with E-state index < -0.39 is 15.8 Å². The van der Waals surface area contributed by atoms with Crippen molar-refractivity contribution >= 4 is 15.7 Å². The molecular formula is C12H19FN2O3S. The summed E-state index contributed by atoms with van der Waals surface area (Å²) in [6, 6.07) is 2.24. The zero-order valence-electron chi connectivity index (χ0n) is 11.1. The topological polar surface area (TPSA) is 81.4 Å². The van der Waals surface area contributed by atoms with E-state index in [2.05, 4.69) is 4.72 Å². The second-order valence-electron chi connectivity index (χ2n) is 4.22. The SMILES string of the molecule is COCCCCNS(=O)(=O)c1cc(N)c(C)c(F)c1. The predicted molar refractivity (Wildman–Crippen MR) is 71.8 cm³/mol. The van der Waals surface area contributed by atoms with Gasteiger partial charge in [0.05, 0.1) is 4.90 Å². The molecule has 0 saturated carbocycles. The Morgan fingerprint density at radius 2 is 2.05 bits per heavy atom. The zero-order chi connectivity index (χ0) is 14.5. The molecule has 0 aliphatic heterocycles. The summed E-state index contributed by atoms with van der Waals surface area (Å²) in [4.78, 5) is -0.153. The number of sulfonamides is 1. The number of hydrogen-bond donors (Lipinski definition) is 2. The lowest BCUT2D eigenvalue weighted by atomic mass is 10.2. The molecule has 7 heteroatoms. The summed E-state index contributed by atoms with van der Waals surface area (Å²) in [6.45, 7) is 2.36. The number of nitrogens with two attached hydrogens (primary N) is 1. The Kier molecular flexibility index (Phi) is 5.71.